The molecule has 1 N–H and O–H groups in total. The van der Waals surface area contributed by atoms with Crippen LogP contribution in [-0.4, -0.2) is 11.7 Å². The molecule has 1 aliphatic carbocycles. The fourth-order valence-electron chi connectivity index (χ4n) is 1.29. The minimum atomic E-state index is 0.302. The highest BCUT2D eigenvalue weighted by molar-refractivity contribution is 5.38. The molecule has 0 bridgehead atoms. The van der Waals surface area contributed by atoms with Crippen LogP contribution in [0.4, 0.5) is 0 Å². The number of benzene rings is 1. The molecule has 2 rings (SSSR count). The number of aryl methyl sites for hydroxylation is 1. The van der Waals surface area contributed by atoms with Gasteiger partial charge in [-0.25, -0.2) is 0 Å². The summed E-state index contributed by atoms with van der Waals surface area (Å²) in [6.45, 7) is 2.77. The number of rotatable bonds is 3. The molecule has 0 heterocycles. The van der Waals surface area contributed by atoms with Gasteiger partial charge in [-0.05, 0) is 49.4 Å². The van der Waals surface area contributed by atoms with Gasteiger partial charge in [-0.2, -0.15) is 0 Å². The average Bonchev–Trinajstić information content (AvgIpc) is 2.86. The van der Waals surface area contributed by atoms with Crippen LogP contribution >= 0.6 is 0 Å². The molecule has 0 radical (unpaired) electrons. The Bertz CT molecular complexity index is 303. The van der Waals surface area contributed by atoms with Gasteiger partial charge in [0, 0.05) is 0 Å². The van der Waals surface area contributed by atoms with Crippen molar-refractivity contribution in [2.45, 2.75) is 19.8 Å². The number of hydrogen-bond acceptors (Lipinski definition) is 2. The average molecular weight is 178 g/mol. The quantitative estimate of drug-likeness (QED) is 0.770. The van der Waals surface area contributed by atoms with Crippen LogP contribution in [0.25, 0.3) is 0 Å². The lowest BCUT2D eigenvalue weighted by Gasteiger charge is -2.08. The van der Waals surface area contributed by atoms with Crippen LogP contribution in [0.2, 0.25) is 0 Å². The Morgan fingerprint density at radius 1 is 1.46 bits per heavy atom. The highest BCUT2D eigenvalue weighted by Gasteiger charge is 2.22. The highest BCUT2D eigenvalue weighted by atomic mass is 16.5. The second kappa shape index (κ2) is 3.29. The van der Waals surface area contributed by atoms with Crippen molar-refractivity contribution < 1.29 is 9.84 Å². The molecule has 1 fully saturated rings. The van der Waals surface area contributed by atoms with E-state index in [1.807, 2.05) is 13.0 Å². The van der Waals surface area contributed by atoms with Gasteiger partial charge < -0.3 is 9.84 Å². The first-order valence-electron chi connectivity index (χ1n) is 4.68. The molecule has 0 spiro atoms. The second-order valence-electron chi connectivity index (χ2n) is 3.70. The fourth-order valence-corrected chi connectivity index (χ4v) is 1.29. The first kappa shape index (κ1) is 8.42. The summed E-state index contributed by atoms with van der Waals surface area (Å²) in [5.41, 5.74) is 1.00. The summed E-state index contributed by atoms with van der Waals surface area (Å²) in [5, 5.41) is 9.17. The summed E-state index contributed by atoms with van der Waals surface area (Å²) in [7, 11) is 0. The van der Waals surface area contributed by atoms with Crippen molar-refractivity contribution in [2.24, 2.45) is 5.92 Å². The van der Waals surface area contributed by atoms with E-state index in [-0.39, 0.29) is 0 Å². The molecule has 13 heavy (non-hydrogen) atoms. The molecule has 0 unspecified atom stereocenters. The zero-order valence-corrected chi connectivity index (χ0v) is 7.79. The molecular weight excluding hydrogens is 164 g/mol. The van der Waals surface area contributed by atoms with Crippen molar-refractivity contribution in [3.05, 3.63) is 23.8 Å². The van der Waals surface area contributed by atoms with Gasteiger partial charge in [0.25, 0.3) is 0 Å². The van der Waals surface area contributed by atoms with Crippen molar-refractivity contribution in [3.8, 4) is 11.5 Å². The molecule has 2 heteroatoms. The van der Waals surface area contributed by atoms with Gasteiger partial charge >= 0.3 is 0 Å². The molecule has 0 saturated heterocycles. The van der Waals surface area contributed by atoms with Crippen LogP contribution in [0.3, 0.4) is 0 Å². The van der Waals surface area contributed by atoms with E-state index >= 15 is 0 Å². The Balaban J connectivity index is 2.01. The summed E-state index contributed by atoms with van der Waals surface area (Å²) in [6, 6.07) is 5.21. The Labute approximate surface area is 78.2 Å². The van der Waals surface area contributed by atoms with Crippen molar-refractivity contribution in [2.75, 3.05) is 6.61 Å². The number of hydrogen-bond donors (Lipinski definition) is 1. The monoisotopic (exact) mass is 178 g/mol. The SMILES string of the molecule is Cc1cc(O)ccc1OCC1CC1. The molecular formula is C11H14O2. The van der Waals surface area contributed by atoms with Gasteiger partial charge in [-0.1, -0.05) is 0 Å². The van der Waals surface area contributed by atoms with E-state index in [4.69, 9.17) is 4.74 Å². The van der Waals surface area contributed by atoms with Crippen LogP contribution in [0.5, 0.6) is 11.5 Å². The molecule has 1 saturated carbocycles. The molecule has 1 aliphatic rings. The predicted molar refractivity (Wildman–Crippen MR) is 51.1 cm³/mol. The summed E-state index contributed by atoms with van der Waals surface area (Å²) in [4.78, 5) is 0. The first-order chi connectivity index (χ1) is 6.25. The Kier molecular flexibility index (Phi) is 2.13. The van der Waals surface area contributed by atoms with Gasteiger partial charge in [0.2, 0.25) is 0 Å². The fraction of sp³-hybridized carbons (Fsp3) is 0.455. The van der Waals surface area contributed by atoms with Crippen LogP contribution in [-0.2, 0) is 0 Å². The molecule has 0 aliphatic heterocycles. The van der Waals surface area contributed by atoms with Crippen molar-refractivity contribution in [3.63, 3.8) is 0 Å². The van der Waals surface area contributed by atoms with E-state index in [1.54, 1.807) is 12.1 Å². The second-order valence-corrected chi connectivity index (χ2v) is 3.70. The number of phenols is 1. The van der Waals surface area contributed by atoms with Crippen molar-refractivity contribution in [1.29, 1.82) is 0 Å². The number of phenolic OH excluding ortho intramolecular Hbond substituents is 1. The van der Waals surface area contributed by atoms with Crippen LogP contribution < -0.4 is 4.74 Å². The predicted octanol–water partition coefficient (Wildman–Crippen LogP) is 2.49. The smallest absolute Gasteiger partial charge is 0.122 e. The Morgan fingerprint density at radius 3 is 2.85 bits per heavy atom. The Morgan fingerprint density at radius 2 is 2.23 bits per heavy atom. The van der Waals surface area contributed by atoms with Gasteiger partial charge in [-0.15, -0.1) is 0 Å². The Hall–Kier alpha value is -1.18. The number of aromatic hydroxyl groups is 1. The third kappa shape index (κ3) is 2.14. The van der Waals surface area contributed by atoms with E-state index in [2.05, 4.69) is 0 Å². The summed E-state index contributed by atoms with van der Waals surface area (Å²) >= 11 is 0. The van der Waals surface area contributed by atoms with Crippen molar-refractivity contribution >= 4 is 0 Å². The van der Waals surface area contributed by atoms with E-state index < -0.39 is 0 Å². The molecule has 1 aromatic carbocycles. The maximum absolute atomic E-state index is 9.17. The maximum atomic E-state index is 9.17. The zero-order valence-electron chi connectivity index (χ0n) is 7.79. The van der Waals surface area contributed by atoms with Gasteiger partial charge in [0.1, 0.15) is 11.5 Å². The minimum absolute atomic E-state index is 0.302. The molecule has 0 aromatic heterocycles. The van der Waals surface area contributed by atoms with E-state index in [0.717, 1.165) is 23.8 Å². The summed E-state index contributed by atoms with van der Waals surface area (Å²) in [6.07, 6.45) is 2.61. The standard InChI is InChI=1S/C11H14O2/c1-8-6-10(12)4-5-11(8)13-7-9-2-3-9/h4-6,9,12H,2-3,7H2,1H3. The maximum Gasteiger partial charge on any atom is 0.122 e. The molecule has 70 valence electrons. The molecule has 2 nitrogen and oxygen atoms in total. The molecule has 0 amide bonds. The first-order valence-corrected chi connectivity index (χ1v) is 4.68. The third-order valence-electron chi connectivity index (χ3n) is 2.33. The van der Waals surface area contributed by atoms with Crippen LogP contribution in [0.15, 0.2) is 18.2 Å². The number of ether oxygens (including phenoxy) is 1. The largest absolute Gasteiger partial charge is 0.508 e. The summed E-state index contributed by atoms with van der Waals surface area (Å²) < 4.78 is 5.60. The normalized spacial score (nSPS) is 15.8. The van der Waals surface area contributed by atoms with Crippen molar-refractivity contribution in [1.82, 2.24) is 0 Å². The zero-order chi connectivity index (χ0) is 9.26. The van der Waals surface area contributed by atoms with Crippen LogP contribution in [0.1, 0.15) is 18.4 Å². The minimum Gasteiger partial charge on any atom is -0.508 e. The third-order valence-corrected chi connectivity index (χ3v) is 2.33. The molecule has 1 aromatic rings. The lowest BCUT2D eigenvalue weighted by atomic mass is 10.2. The molecule has 0 atom stereocenters. The highest BCUT2D eigenvalue weighted by Crippen LogP contribution is 2.30. The van der Waals surface area contributed by atoms with E-state index in [1.165, 1.54) is 12.8 Å². The van der Waals surface area contributed by atoms with Gasteiger partial charge in [-0.3, -0.25) is 0 Å². The summed E-state index contributed by atoms with van der Waals surface area (Å²) in [5.74, 6) is 1.97. The van der Waals surface area contributed by atoms with E-state index in [9.17, 15) is 5.11 Å². The van der Waals surface area contributed by atoms with Crippen LogP contribution in [0, 0.1) is 12.8 Å². The van der Waals surface area contributed by atoms with Gasteiger partial charge in [0.15, 0.2) is 0 Å². The van der Waals surface area contributed by atoms with Gasteiger partial charge in [0.05, 0.1) is 6.61 Å². The lowest BCUT2D eigenvalue weighted by molar-refractivity contribution is 0.297. The lowest BCUT2D eigenvalue weighted by Crippen LogP contribution is -1.99. The topological polar surface area (TPSA) is 29.5 Å². The van der Waals surface area contributed by atoms with E-state index in [0.29, 0.717) is 5.75 Å².